The van der Waals surface area contributed by atoms with Gasteiger partial charge in [0.2, 0.25) is 0 Å². The van der Waals surface area contributed by atoms with Gasteiger partial charge in [0.1, 0.15) is 0 Å². The second kappa shape index (κ2) is 2.35. The minimum Gasteiger partial charge on any atom is -0.151 e. The molecule has 0 spiro atoms. The van der Waals surface area contributed by atoms with Gasteiger partial charge in [-0.05, 0) is 46.5 Å². The summed E-state index contributed by atoms with van der Waals surface area (Å²) in [6, 6.07) is 4.50. The van der Waals surface area contributed by atoms with Gasteiger partial charge in [0, 0.05) is 0 Å². The molecule has 0 radical (unpaired) electrons. The van der Waals surface area contributed by atoms with Crippen LogP contribution >= 0.6 is 11.3 Å². The summed E-state index contributed by atoms with van der Waals surface area (Å²) in [5, 5.41) is 7.14. The van der Waals surface area contributed by atoms with Crippen molar-refractivity contribution < 1.29 is 0 Å². The second-order valence-corrected chi connectivity index (χ2v) is 3.68. The maximum Gasteiger partial charge on any atom is -0.00144 e. The van der Waals surface area contributed by atoms with E-state index in [1.807, 2.05) is 0 Å². The van der Waals surface area contributed by atoms with Crippen LogP contribution in [-0.4, -0.2) is 0 Å². The van der Waals surface area contributed by atoms with Crippen LogP contribution in [-0.2, 0) is 0 Å². The molecule has 0 saturated heterocycles. The molecule has 0 amide bonds. The fourth-order valence-corrected chi connectivity index (χ4v) is 2.02. The molecule has 1 heteroatoms. The molecule has 0 aliphatic carbocycles. The lowest BCUT2D eigenvalue weighted by Gasteiger charge is -1.98. The lowest BCUT2D eigenvalue weighted by molar-refractivity contribution is 1.37. The van der Waals surface area contributed by atoms with Gasteiger partial charge in [-0.1, -0.05) is 12.1 Å². The van der Waals surface area contributed by atoms with Crippen LogP contribution in [0.4, 0.5) is 0 Å². The topological polar surface area (TPSA) is 0 Å². The molecule has 56 valence electrons. The lowest BCUT2D eigenvalue weighted by atomic mass is 10.1. The van der Waals surface area contributed by atoms with Crippen molar-refractivity contribution in [1.29, 1.82) is 0 Å². The normalized spacial score (nSPS) is 10.7. The van der Waals surface area contributed by atoms with Gasteiger partial charge < -0.3 is 0 Å². The average Bonchev–Trinajstić information content (AvgIpc) is 2.36. The summed E-state index contributed by atoms with van der Waals surface area (Å²) in [5.41, 5.74) is 2.77. The molecule has 11 heavy (non-hydrogen) atoms. The summed E-state index contributed by atoms with van der Waals surface area (Å²) < 4.78 is 0. The van der Waals surface area contributed by atoms with Crippen molar-refractivity contribution >= 4 is 22.1 Å². The fraction of sp³-hybridized carbons (Fsp3) is 0.200. The van der Waals surface area contributed by atoms with Crippen LogP contribution in [0.3, 0.4) is 0 Å². The van der Waals surface area contributed by atoms with Gasteiger partial charge in [-0.2, -0.15) is 11.3 Å². The Hall–Kier alpha value is -0.820. The zero-order valence-electron chi connectivity index (χ0n) is 6.72. The first-order valence-electron chi connectivity index (χ1n) is 3.70. The van der Waals surface area contributed by atoms with Crippen molar-refractivity contribution in [3.63, 3.8) is 0 Å². The molecule has 0 bridgehead atoms. The summed E-state index contributed by atoms with van der Waals surface area (Å²) in [4.78, 5) is 0. The summed E-state index contributed by atoms with van der Waals surface area (Å²) in [6.07, 6.45) is 0. The van der Waals surface area contributed by atoms with Crippen LogP contribution in [0.15, 0.2) is 22.9 Å². The Bertz CT molecular complexity index is 349. The molecule has 0 fully saturated rings. The predicted octanol–water partition coefficient (Wildman–Crippen LogP) is 3.52. The first-order valence-corrected chi connectivity index (χ1v) is 4.65. The highest BCUT2D eigenvalue weighted by molar-refractivity contribution is 7.09. The molecule has 0 saturated carbocycles. The molecule has 1 aromatic heterocycles. The first kappa shape index (κ1) is 6.86. The van der Waals surface area contributed by atoms with E-state index in [0.29, 0.717) is 0 Å². The van der Waals surface area contributed by atoms with Crippen molar-refractivity contribution in [1.82, 2.24) is 0 Å². The van der Waals surface area contributed by atoms with Crippen LogP contribution in [0.5, 0.6) is 0 Å². The van der Waals surface area contributed by atoms with E-state index in [1.165, 1.54) is 21.9 Å². The molecule has 0 N–H and O–H groups in total. The lowest BCUT2D eigenvalue weighted by Crippen LogP contribution is -1.77. The first-order chi connectivity index (χ1) is 5.27. The number of hydrogen-bond donors (Lipinski definition) is 0. The Morgan fingerprint density at radius 3 is 1.82 bits per heavy atom. The third kappa shape index (κ3) is 1.05. The highest BCUT2D eigenvalue weighted by atomic mass is 32.1. The predicted molar refractivity (Wildman–Crippen MR) is 51.3 cm³/mol. The van der Waals surface area contributed by atoms with Crippen molar-refractivity contribution in [2.45, 2.75) is 13.8 Å². The maximum atomic E-state index is 2.25. The van der Waals surface area contributed by atoms with Crippen LogP contribution in [0.25, 0.3) is 10.8 Å². The third-order valence-electron chi connectivity index (χ3n) is 2.09. The molecule has 0 atom stereocenters. The minimum absolute atomic E-state index is 1.37. The van der Waals surface area contributed by atoms with Gasteiger partial charge >= 0.3 is 0 Å². The van der Waals surface area contributed by atoms with Gasteiger partial charge in [-0.3, -0.25) is 0 Å². The molecule has 1 heterocycles. The summed E-state index contributed by atoms with van der Waals surface area (Å²) in [5.74, 6) is 0. The number of fused-ring (bicyclic) bond motifs is 1. The third-order valence-corrected chi connectivity index (χ3v) is 2.87. The highest BCUT2D eigenvalue weighted by Gasteiger charge is 1.96. The van der Waals surface area contributed by atoms with E-state index in [0.717, 1.165) is 0 Å². The number of benzene rings is 1. The maximum absolute atomic E-state index is 2.25. The van der Waals surface area contributed by atoms with E-state index in [2.05, 4.69) is 36.7 Å². The van der Waals surface area contributed by atoms with Crippen LogP contribution in [0.2, 0.25) is 0 Å². The number of rotatable bonds is 0. The van der Waals surface area contributed by atoms with E-state index in [4.69, 9.17) is 0 Å². The van der Waals surface area contributed by atoms with Crippen molar-refractivity contribution in [2.24, 2.45) is 0 Å². The number of thiophene rings is 1. The zero-order valence-corrected chi connectivity index (χ0v) is 7.53. The van der Waals surface area contributed by atoms with Gasteiger partial charge in [0.05, 0.1) is 0 Å². The van der Waals surface area contributed by atoms with Gasteiger partial charge in [-0.25, -0.2) is 0 Å². The molecular weight excluding hydrogens is 152 g/mol. The van der Waals surface area contributed by atoms with Gasteiger partial charge in [0.25, 0.3) is 0 Å². The van der Waals surface area contributed by atoms with Crippen molar-refractivity contribution in [2.75, 3.05) is 0 Å². The Labute approximate surface area is 70.5 Å². The fourth-order valence-electron chi connectivity index (χ4n) is 1.25. The molecule has 0 unspecified atom stereocenters. The van der Waals surface area contributed by atoms with Crippen LogP contribution in [0, 0.1) is 13.8 Å². The highest BCUT2D eigenvalue weighted by Crippen LogP contribution is 2.22. The quantitative estimate of drug-likeness (QED) is 0.556. The standard InChI is InChI=1S/C10H10S/c1-7-3-9-5-11-6-10(9)4-8(7)2/h3-6H,1-2H3. The summed E-state index contributed by atoms with van der Waals surface area (Å²) in [7, 11) is 0. The second-order valence-electron chi connectivity index (χ2n) is 2.94. The zero-order chi connectivity index (χ0) is 7.84. The summed E-state index contributed by atoms with van der Waals surface area (Å²) in [6.45, 7) is 4.32. The average molecular weight is 162 g/mol. The van der Waals surface area contributed by atoms with Crippen molar-refractivity contribution in [3.05, 3.63) is 34.0 Å². The molecule has 2 aromatic rings. The van der Waals surface area contributed by atoms with E-state index in [1.54, 1.807) is 11.3 Å². The van der Waals surface area contributed by atoms with Crippen molar-refractivity contribution in [3.8, 4) is 0 Å². The minimum atomic E-state index is 1.37. The Kier molecular flexibility index (Phi) is 1.46. The molecule has 0 nitrogen and oxygen atoms in total. The number of hydrogen-bond acceptors (Lipinski definition) is 1. The SMILES string of the molecule is Cc1cc2cscc2cc1C. The van der Waals surface area contributed by atoms with Gasteiger partial charge in [0.15, 0.2) is 0 Å². The largest absolute Gasteiger partial charge is 0.151 e. The molecule has 0 aliphatic rings. The molecule has 1 aromatic carbocycles. The molecular formula is C10H10S. The Morgan fingerprint density at radius 1 is 0.909 bits per heavy atom. The van der Waals surface area contributed by atoms with Crippen LogP contribution < -0.4 is 0 Å². The monoisotopic (exact) mass is 162 g/mol. The van der Waals surface area contributed by atoms with E-state index in [9.17, 15) is 0 Å². The van der Waals surface area contributed by atoms with E-state index in [-0.39, 0.29) is 0 Å². The number of aryl methyl sites for hydroxylation is 2. The smallest absolute Gasteiger partial charge is 0.00144 e. The molecule has 0 aliphatic heterocycles. The van der Waals surface area contributed by atoms with Gasteiger partial charge in [-0.15, -0.1) is 0 Å². The van der Waals surface area contributed by atoms with E-state index < -0.39 is 0 Å². The van der Waals surface area contributed by atoms with Crippen LogP contribution in [0.1, 0.15) is 11.1 Å². The summed E-state index contributed by atoms with van der Waals surface area (Å²) >= 11 is 1.77. The Morgan fingerprint density at radius 2 is 1.36 bits per heavy atom. The molecule has 2 rings (SSSR count). The Balaban J connectivity index is 2.86. The van der Waals surface area contributed by atoms with E-state index >= 15 is 0 Å².